The van der Waals surface area contributed by atoms with Crippen molar-refractivity contribution >= 4 is 27.6 Å². The highest BCUT2D eigenvalue weighted by molar-refractivity contribution is 7.89. The third-order valence-electron chi connectivity index (χ3n) is 3.81. The smallest absolute Gasteiger partial charge is 0.324 e. The van der Waals surface area contributed by atoms with Gasteiger partial charge in [0.05, 0.1) is 4.90 Å². The van der Waals surface area contributed by atoms with Crippen LogP contribution in [0.4, 0.5) is 4.39 Å². The van der Waals surface area contributed by atoms with Crippen LogP contribution in [0.15, 0.2) is 64.1 Å². The van der Waals surface area contributed by atoms with Crippen molar-refractivity contribution in [2.45, 2.75) is 24.5 Å². The molecule has 0 amide bonds. The molecule has 152 valence electrons. The molecule has 0 saturated heterocycles. The van der Waals surface area contributed by atoms with Gasteiger partial charge in [0.1, 0.15) is 30.4 Å². The van der Waals surface area contributed by atoms with Crippen molar-refractivity contribution in [3.8, 4) is 11.5 Å². The molecule has 10 heteroatoms. The van der Waals surface area contributed by atoms with E-state index >= 15 is 0 Å². The summed E-state index contributed by atoms with van der Waals surface area (Å²) in [6.45, 7) is 1.15. The van der Waals surface area contributed by atoms with Crippen molar-refractivity contribution in [3.63, 3.8) is 0 Å². The lowest BCUT2D eigenvalue weighted by Gasteiger charge is -2.13. The van der Waals surface area contributed by atoms with Crippen LogP contribution < -0.4 is 4.72 Å². The Morgan fingerprint density at radius 3 is 2.52 bits per heavy atom. The molecule has 1 heterocycles. The Balaban J connectivity index is 1.57. The molecule has 0 saturated carbocycles. The van der Waals surface area contributed by atoms with Gasteiger partial charge in [0.2, 0.25) is 15.9 Å². The van der Waals surface area contributed by atoms with E-state index in [1.54, 1.807) is 0 Å². The Bertz CT molecular complexity index is 1100. The van der Waals surface area contributed by atoms with Crippen LogP contribution >= 0.6 is 11.6 Å². The summed E-state index contributed by atoms with van der Waals surface area (Å²) in [6.07, 6.45) is 1.30. The highest BCUT2D eigenvalue weighted by atomic mass is 35.5. The number of halogens is 2. The number of nitrogens with one attached hydrogen (secondary N) is 1. The SMILES string of the molecule is C[C@H](NS(=O)(=O)c1ccc(Cl)cc1)C(=O)OCc1coc(-c2ccc(F)cc2)n1. The van der Waals surface area contributed by atoms with E-state index in [0.717, 1.165) is 0 Å². The van der Waals surface area contributed by atoms with Gasteiger partial charge in [-0.25, -0.2) is 17.8 Å². The lowest BCUT2D eigenvalue weighted by Crippen LogP contribution is -2.39. The molecule has 1 atom stereocenters. The maximum absolute atomic E-state index is 13.0. The molecule has 1 N–H and O–H groups in total. The van der Waals surface area contributed by atoms with Crippen molar-refractivity contribution in [2.24, 2.45) is 0 Å². The summed E-state index contributed by atoms with van der Waals surface area (Å²) >= 11 is 5.75. The van der Waals surface area contributed by atoms with Crippen LogP contribution in [0.2, 0.25) is 5.02 Å². The van der Waals surface area contributed by atoms with E-state index in [1.165, 1.54) is 61.7 Å². The highest BCUT2D eigenvalue weighted by Gasteiger charge is 2.23. The number of esters is 1. The van der Waals surface area contributed by atoms with Gasteiger partial charge in [-0.2, -0.15) is 4.72 Å². The molecule has 29 heavy (non-hydrogen) atoms. The van der Waals surface area contributed by atoms with E-state index in [1.807, 2.05) is 0 Å². The van der Waals surface area contributed by atoms with Gasteiger partial charge in [0, 0.05) is 10.6 Å². The summed E-state index contributed by atoms with van der Waals surface area (Å²) in [4.78, 5) is 16.3. The van der Waals surface area contributed by atoms with Gasteiger partial charge in [0.15, 0.2) is 0 Å². The van der Waals surface area contributed by atoms with Crippen LogP contribution in [0.3, 0.4) is 0 Å². The molecule has 0 radical (unpaired) electrons. The Morgan fingerprint density at radius 1 is 1.21 bits per heavy atom. The minimum Gasteiger partial charge on any atom is -0.458 e. The van der Waals surface area contributed by atoms with Gasteiger partial charge in [-0.3, -0.25) is 4.79 Å². The van der Waals surface area contributed by atoms with E-state index in [-0.39, 0.29) is 23.2 Å². The number of hydrogen-bond acceptors (Lipinski definition) is 6. The van der Waals surface area contributed by atoms with E-state index in [2.05, 4.69) is 9.71 Å². The number of oxazole rings is 1. The number of benzene rings is 2. The Morgan fingerprint density at radius 2 is 1.86 bits per heavy atom. The van der Waals surface area contributed by atoms with Gasteiger partial charge in [-0.1, -0.05) is 11.6 Å². The normalized spacial score (nSPS) is 12.5. The van der Waals surface area contributed by atoms with E-state index in [0.29, 0.717) is 16.3 Å². The van der Waals surface area contributed by atoms with Crippen molar-refractivity contribution in [2.75, 3.05) is 0 Å². The van der Waals surface area contributed by atoms with Gasteiger partial charge >= 0.3 is 5.97 Å². The zero-order chi connectivity index (χ0) is 21.0. The lowest BCUT2D eigenvalue weighted by atomic mass is 10.2. The van der Waals surface area contributed by atoms with Crippen LogP contribution in [0.25, 0.3) is 11.5 Å². The van der Waals surface area contributed by atoms with Crippen molar-refractivity contribution in [3.05, 3.63) is 71.3 Å². The summed E-state index contributed by atoms with van der Waals surface area (Å²) in [6, 6.07) is 9.95. The number of nitrogens with zero attached hydrogens (tertiary/aromatic N) is 1. The minimum atomic E-state index is -3.91. The number of ether oxygens (including phenoxy) is 1. The molecule has 0 bridgehead atoms. The molecule has 1 aromatic heterocycles. The maximum Gasteiger partial charge on any atom is 0.324 e. The molecular formula is C19H16ClFN2O5S. The topological polar surface area (TPSA) is 98.5 Å². The van der Waals surface area contributed by atoms with Crippen LogP contribution in [0.1, 0.15) is 12.6 Å². The van der Waals surface area contributed by atoms with Crippen molar-refractivity contribution < 1.29 is 26.8 Å². The Kier molecular flexibility index (Phi) is 6.31. The number of carbonyl (C=O) groups excluding carboxylic acids is 1. The lowest BCUT2D eigenvalue weighted by molar-refractivity contribution is -0.146. The van der Waals surface area contributed by atoms with E-state index in [9.17, 15) is 17.6 Å². The average molecular weight is 439 g/mol. The third-order valence-corrected chi connectivity index (χ3v) is 5.62. The van der Waals surface area contributed by atoms with Crippen LogP contribution in [0, 0.1) is 5.82 Å². The molecular weight excluding hydrogens is 423 g/mol. The predicted molar refractivity (Wildman–Crippen MR) is 103 cm³/mol. The van der Waals surface area contributed by atoms with E-state index in [4.69, 9.17) is 20.8 Å². The molecule has 0 fully saturated rings. The molecule has 0 unspecified atom stereocenters. The monoisotopic (exact) mass is 438 g/mol. The molecule has 3 aromatic rings. The number of carbonyl (C=O) groups is 1. The van der Waals surface area contributed by atoms with Crippen molar-refractivity contribution in [1.82, 2.24) is 9.71 Å². The first kappa shape index (κ1) is 21.0. The van der Waals surface area contributed by atoms with Gasteiger partial charge in [-0.15, -0.1) is 0 Å². The second-order valence-corrected chi connectivity index (χ2v) is 8.21. The number of aromatic nitrogens is 1. The molecule has 2 aromatic carbocycles. The zero-order valence-corrected chi connectivity index (χ0v) is 16.7. The van der Waals surface area contributed by atoms with Crippen LogP contribution in [0.5, 0.6) is 0 Å². The molecule has 0 aliphatic rings. The molecule has 0 aliphatic carbocycles. The van der Waals surface area contributed by atoms with E-state index < -0.39 is 22.0 Å². The summed E-state index contributed by atoms with van der Waals surface area (Å²) < 4.78 is 50.2. The Hall–Kier alpha value is -2.75. The molecule has 0 spiro atoms. The van der Waals surface area contributed by atoms with Gasteiger partial charge < -0.3 is 9.15 Å². The molecule has 7 nitrogen and oxygen atoms in total. The predicted octanol–water partition coefficient (Wildman–Crippen LogP) is 3.54. The first-order valence-electron chi connectivity index (χ1n) is 8.39. The highest BCUT2D eigenvalue weighted by Crippen LogP contribution is 2.19. The third kappa shape index (κ3) is 5.41. The fraction of sp³-hybridized carbons (Fsp3) is 0.158. The van der Waals surface area contributed by atoms with Gasteiger partial charge in [0.25, 0.3) is 0 Å². The fourth-order valence-electron chi connectivity index (χ4n) is 2.33. The number of sulfonamides is 1. The summed E-state index contributed by atoms with van der Waals surface area (Å²) in [7, 11) is -3.91. The second kappa shape index (κ2) is 8.73. The van der Waals surface area contributed by atoms with Gasteiger partial charge in [-0.05, 0) is 55.5 Å². The molecule has 0 aliphatic heterocycles. The minimum absolute atomic E-state index is 0.0259. The number of hydrogen-bond donors (Lipinski definition) is 1. The zero-order valence-electron chi connectivity index (χ0n) is 15.1. The average Bonchev–Trinajstić information content (AvgIpc) is 3.15. The standard InChI is InChI=1S/C19H16ClFN2O5S/c1-12(23-29(25,26)17-8-4-14(20)5-9-17)19(24)28-11-16-10-27-18(22-16)13-2-6-15(21)7-3-13/h2-10,12,23H,11H2,1H3/t12-/m0/s1. The maximum atomic E-state index is 13.0. The largest absolute Gasteiger partial charge is 0.458 e. The van der Waals surface area contributed by atoms with Crippen LogP contribution in [-0.2, 0) is 26.2 Å². The second-order valence-electron chi connectivity index (χ2n) is 6.06. The fourth-order valence-corrected chi connectivity index (χ4v) is 3.65. The Labute approximate surface area is 171 Å². The van der Waals surface area contributed by atoms with Crippen LogP contribution in [-0.4, -0.2) is 25.4 Å². The first-order chi connectivity index (χ1) is 13.7. The summed E-state index contributed by atoms with van der Waals surface area (Å²) in [5.41, 5.74) is 0.888. The molecule has 3 rings (SSSR count). The number of rotatable bonds is 7. The summed E-state index contributed by atoms with van der Waals surface area (Å²) in [5.74, 6) is -0.925. The van der Waals surface area contributed by atoms with Crippen molar-refractivity contribution in [1.29, 1.82) is 0 Å². The first-order valence-corrected chi connectivity index (χ1v) is 10.3. The quantitative estimate of drug-likeness (QED) is 0.566. The summed E-state index contributed by atoms with van der Waals surface area (Å²) in [5, 5.41) is 0.393.